The van der Waals surface area contributed by atoms with Crippen LogP contribution in [-0.4, -0.2) is 56.2 Å². The first kappa shape index (κ1) is 29.5. The predicted molar refractivity (Wildman–Crippen MR) is 160 cm³/mol. The van der Waals surface area contributed by atoms with Crippen LogP contribution in [0.5, 0.6) is 0 Å². The maximum absolute atomic E-state index is 13.1. The van der Waals surface area contributed by atoms with Crippen LogP contribution >= 0.6 is 0 Å². The molecule has 0 aliphatic carbocycles. The number of carbonyl (C=O) groups is 2. The van der Waals surface area contributed by atoms with Crippen LogP contribution in [-0.2, 0) is 21.2 Å². The number of piperidine rings is 1. The average molecular weight is 566 g/mol. The van der Waals surface area contributed by atoms with Gasteiger partial charge in [-0.3, -0.25) is 14.7 Å². The maximum atomic E-state index is 13.1. The Morgan fingerprint density at radius 1 is 1.07 bits per heavy atom. The fraction of sp³-hybridized carbons (Fsp3) is 0.433. The van der Waals surface area contributed by atoms with E-state index in [-0.39, 0.29) is 19.0 Å². The minimum atomic E-state index is -3.69. The molecule has 4 rings (SSSR count). The molecule has 10 heteroatoms. The molecule has 0 atom stereocenters. The van der Waals surface area contributed by atoms with Crippen molar-refractivity contribution in [3.05, 3.63) is 70.1 Å². The van der Waals surface area contributed by atoms with Gasteiger partial charge < -0.3 is 11.1 Å². The quantitative estimate of drug-likeness (QED) is 0.417. The number of anilines is 1. The van der Waals surface area contributed by atoms with Crippen LogP contribution in [0.2, 0.25) is 0 Å². The molecule has 2 heterocycles. The summed E-state index contributed by atoms with van der Waals surface area (Å²) in [5.74, 6) is 0.601. The number of benzene rings is 2. The Kier molecular flexibility index (Phi) is 9.10. The largest absolute Gasteiger partial charge is 0.351 e. The molecular weight excluding hydrogens is 526 g/mol. The van der Waals surface area contributed by atoms with Gasteiger partial charge >= 0.3 is 6.03 Å². The molecule has 1 saturated heterocycles. The van der Waals surface area contributed by atoms with Crippen molar-refractivity contribution in [2.45, 2.75) is 64.3 Å². The molecule has 2 aromatic carbocycles. The first-order valence-corrected chi connectivity index (χ1v) is 15.3. The van der Waals surface area contributed by atoms with Gasteiger partial charge in [0.05, 0.1) is 0 Å². The number of rotatable bonds is 10. The summed E-state index contributed by atoms with van der Waals surface area (Å²) in [4.78, 5) is 30.5. The first-order valence-electron chi connectivity index (χ1n) is 13.8. The molecular formula is C30H39N5O4S. The molecule has 2 aliphatic rings. The van der Waals surface area contributed by atoms with E-state index in [0.29, 0.717) is 18.5 Å². The van der Waals surface area contributed by atoms with Crippen molar-refractivity contribution in [1.29, 1.82) is 0 Å². The summed E-state index contributed by atoms with van der Waals surface area (Å²) in [6, 6.07) is 13.4. The lowest BCUT2D eigenvalue weighted by atomic mass is 9.89. The highest BCUT2D eigenvalue weighted by Crippen LogP contribution is 2.32. The molecule has 1 spiro atoms. The van der Waals surface area contributed by atoms with Gasteiger partial charge in [0.2, 0.25) is 10.0 Å². The van der Waals surface area contributed by atoms with E-state index in [1.54, 1.807) is 25.3 Å². The lowest BCUT2D eigenvalue weighted by molar-refractivity contribution is -0.124. The van der Waals surface area contributed by atoms with E-state index in [1.807, 2.05) is 19.9 Å². The normalized spacial score (nSPS) is 17.3. The molecule has 2 aliphatic heterocycles. The first-order chi connectivity index (χ1) is 19.0. The third kappa shape index (κ3) is 6.79. The third-order valence-electron chi connectivity index (χ3n) is 7.86. The van der Waals surface area contributed by atoms with E-state index >= 15 is 0 Å². The van der Waals surface area contributed by atoms with Crippen molar-refractivity contribution in [2.24, 2.45) is 10.7 Å². The Bertz CT molecular complexity index is 1390. The number of primary amides is 1. The number of amidine groups is 1. The van der Waals surface area contributed by atoms with Gasteiger partial charge in [-0.05, 0) is 86.4 Å². The summed E-state index contributed by atoms with van der Waals surface area (Å²) >= 11 is 0. The molecule has 0 radical (unpaired) electrons. The number of amides is 3. The van der Waals surface area contributed by atoms with Crippen molar-refractivity contribution >= 4 is 39.6 Å². The Morgan fingerprint density at radius 2 is 1.70 bits per heavy atom. The number of hydrogen-bond donors (Lipinski definition) is 2. The number of unbranched alkanes of at least 4 members (excludes halogenated alkanes) is 2. The highest BCUT2D eigenvalue weighted by atomic mass is 32.2. The number of carbonyl (C=O) groups excluding carboxylic acids is 2. The topological polar surface area (TPSA) is 125 Å². The van der Waals surface area contributed by atoms with Gasteiger partial charge in [0.15, 0.2) is 0 Å². The number of hydrogen-bond acceptors (Lipinski definition) is 5. The van der Waals surface area contributed by atoms with Crippen molar-refractivity contribution in [3.63, 3.8) is 0 Å². The van der Waals surface area contributed by atoms with Gasteiger partial charge in [0.1, 0.15) is 11.4 Å². The van der Waals surface area contributed by atoms with Gasteiger partial charge in [-0.1, -0.05) is 36.8 Å². The second-order valence-corrected chi connectivity index (χ2v) is 12.5. The lowest BCUT2D eigenvalue weighted by Crippen LogP contribution is -2.50. The van der Waals surface area contributed by atoms with E-state index in [9.17, 15) is 18.0 Å². The van der Waals surface area contributed by atoms with E-state index in [0.717, 1.165) is 54.6 Å². The van der Waals surface area contributed by atoms with Crippen molar-refractivity contribution in [2.75, 3.05) is 25.0 Å². The van der Waals surface area contributed by atoms with Gasteiger partial charge in [0.25, 0.3) is 5.91 Å². The Balaban J connectivity index is 1.32. The number of aryl methyl sites for hydroxylation is 3. The molecule has 3 amide bonds. The average Bonchev–Trinajstić information content (AvgIpc) is 3.22. The summed E-state index contributed by atoms with van der Waals surface area (Å²) in [5.41, 5.74) is 8.91. The predicted octanol–water partition coefficient (Wildman–Crippen LogP) is 4.28. The fourth-order valence-electron chi connectivity index (χ4n) is 5.37. The molecule has 2 aromatic rings. The van der Waals surface area contributed by atoms with Gasteiger partial charge in [-0.25, -0.2) is 13.2 Å². The van der Waals surface area contributed by atoms with Crippen LogP contribution in [0.25, 0.3) is 6.08 Å². The lowest BCUT2D eigenvalue weighted by Gasteiger charge is -2.34. The van der Waals surface area contributed by atoms with Crippen LogP contribution in [0.4, 0.5) is 10.5 Å². The monoisotopic (exact) mass is 565 g/mol. The molecule has 0 aromatic heterocycles. The van der Waals surface area contributed by atoms with Crippen LogP contribution in [0.15, 0.2) is 52.9 Å². The van der Waals surface area contributed by atoms with Crippen molar-refractivity contribution in [3.8, 4) is 0 Å². The number of urea groups is 1. The third-order valence-corrected chi connectivity index (χ3v) is 9.43. The minimum absolute atomic E-state index is 0.119. The summed E-state index contributed by atoms with van der Waals surface area (Å²) in [6.07, 6.45) is 7.16. The summed E-state index contributed by atoms with van der Waals surface area (Å²) in [5, 5.41) is 4.17. The zero-order valence-electron chi connectivity index (χ0n) is 23.5. The summed E-state index contributed by atoms with van der Waals surface area (Å²) < 4.78 is 27.7. The summed E-state index contributed by atoms with van der Waals surface area (Å²) in [6.45, 7) is 4.18. The minimum Gasteiger partial charge on any atom is -0.351 e. The van der Waals surface area contributed by atoms with E-state index in [2.05, 4.69) is 29.6 Å². The van der Waals surface area contributed by atoms with E-state index < -0.39 is 21.6 Å². The van der Waals surface area contributed by atoms with Crippen LogP contribution in [0, 0.1) is 13.8 Å². The molecule has 1 fully saturated rings. The van der Waals surface area contributed by atoms with Gasteiger partial charge in [-0.2, -0.15) is 4.31 Å². The number of nitrogens with one attached hydrogen (secondary N) is 1. The standard InChI is InChI=1S/C30H39N5O4S/c1-22-20-25(34(3)29(31)37)21-23(2)26(22)14-19-40(38,39)35-17-15-30(16-18-35)28(36)32-27(33-30)13-9-5-8-12-24-10-6-4-7-11-24/h4,6-7,10-11,14,19-21H,5,8-9,12-13,15-18H2,1-3H3,(H2,31,37)(H,32,33,36)/b19-14-. The van der Waals surface area contributed by atoms with Gasteiger partial charge in [0, 0.05) is 37.7 Å². The van der Waals surface area contributed by atoms with Crippen molar-refractivity contribution in [1.82, 2.24) is 9.62 Å². The molecule has 214 valence electrons. The SMILES string of the molecule is Cc1cc(N(C)C(N)=O)cc(C)c1/C=C\S(=O)(=O)N1CCC2(CC1)N=C(CCCCCc1ccccc1)NC2=O. The number of sulfonamides is 1. The van der Waals surface area contributed by atoms with E-state index in [1.165, 1.54) is 20.2 Å². The Hall–Kier alpha value is -3.50. The molecule has 40 heavy (non-hydrogen) atoms. The van der Waals surface area contributed by atoms with Crippen LogP contribution in [0.1, 0.15) is 60.8 Å². The second-order valence-electron chi connectivity index (χ2n) is 10.7. The maximum Gasteiger partial charge on any atom is 0.318 e. The number of nitrogens with two attached hydrogens (primary N) is 1. The zero-order chi connectivity index (χ0) is 28.9. The molecule has 3 N–H and O–H groups in total. The number of nitrogens with zero attached hydrogens (tertiary/aromatic N) is 3. The molecule has 0 bridgehead atoms. The molecule has 9 nitrogen and oxygen atoms in total. The van der Waals surface area contributed by atoms with E-state index in [4.69, 9.17) is 10.7 Å². The summed E-state index contributed by atoms with van der Waals surface area (Å²) in [7, 11) is -2.10. The zero-order valence-corrected chi connectivity index (χ0v) is 24.3. The van der Waals surface area contributed by atoms with Crippen molar-refractivity contribution < 1.29 is 18.0 Å². The number of aliphatic imine (C=N–C) groups is 1. The Labute approximate surface area is 237 Å². The Morgan fingerprint density at radius 3 is 2.33 bits per heavy atom. The smallest absolute Gasteiger partial charge is 0.318 e. The molecule has 0 saturated carbocycles. The van der Waals surface area contributed by atoms with Crippen LogP contribution in [0.3, 0.4) is 0 Å². The van der Waals surface area contributed by atoms with Gasteiger partial charge in [-0.15, -0.1) is 0 Å². The molecule has 0 unspecified atom stereocenters. The fourth-order valence-corrected chi connectivity index (χ4v) is 6.54. The van der Waals surface area contributed by atoms with Crippen LogP contribution < -0.4 is 16.0 Å². The highest BCUT2D eigenvalue weighted by molar-refractivity contribution is 7.92. The highest BCUT2D eigenvalue weighted by Gasteiger charge is 2.46. The second kappa shape index (κ2) is 12.3.